The van der Waals surface area contributed by atoms with Gasteiger partial charge in [0.05, 0.1) is 0 Å². The van der Waals surface area contributed by atoms with Crippen LogP contribution in [0, 0.1) is 11.8 Å². The molecule has 2 nitrogen and oxygen atoms in total. The van der Waals surface area contributed by atoms with Gasteiger partial charge in [-0.1, -0.05) is 0 Å². The lowest BCUT2D eigenvalue weighted by Gasteiger charge is -2.22. The van der Waals surface area contributed by atoms with E-state index < -0.39 is 0 Å². The number of carbonyl (C=O) groups excluding carboxylic acids is 1. The molecule has 2 fully saturated rings. The number of hydrogen-bond acceptors (Lipinski definition) is 2. The molecule has 0 radical (unpaired) electrons. The first-order valence-electron chi connectivity index (χ1n) is 6.80. The topological polar surface area (TPSA) is 20.3 Å². The first-order chi connectivity index (χ1) is 8.72. The maximum absolute atomic E-state index is 12.5. The quantitative estimate of drug-likeness (QED) is 0.807. The van der Waals surface area contributed by atoms with Crippen LogP contribution in [0.25, 0.3) is 0 Å². The Morgan fingerprint density at radius 2 is 1.56 bits per heavy atom. The largest absolute Gasteiger partial charge is 0.338 e. The summed E-state index contributed by atoms with van der Waals surface area (Å²) in [7, 11) is 0. The molecule has 2 aliphatic carbocycles. The van der Waals surface area contributed by atoms with Crippen molar-refractivity contribution in [3.8, 4) is 0 Å². The maximum atomic E-state index is 12.5. The second-order valence-electron chi connectivity index (χ2n) is 5.64. The molecule has 1 aromatic carbocycles. The zero-order valence-electron chi connectivity index (χ0n) is 10.5. The molecule has 0 heterocycles. The fourth-order valence-corrected chi connectivity index (χ4v) is 2.40. The van der Waals surface area contributed by atoms with Gasteiger partial charge in [-0.15, -0.1) is 12.6 Å². The summed E-state index contributed by atoms with van der Waals surface area (Å²) in [5.41, 5.74) is 0.800. The number of amides is 1. The highest BCUT2D eigenvalue weighted by Crippen LogP contribution is 2.34. The highest BCUT2D eigenvalue weighted by atomic mass is 32.1. The summed E-state index contributed by atoms with van der Waals surface area (Å²) in [5, 5.41) is 0. The van der Waals surface area contributed by atoms with E-state index in [2.05, 4.69) is 17.5 Å². The van der Waals surface area contributed by atoms with Gasteiger partial charge in [0.1, 0.15) is 0 Å². The summed E-state index contributed by atoms with van der Waals surface area (Å²) in [4.78, 5) is 15.5. The number of carbonyl (C=O) groups is 1. The van der Waals surface area contributed by atoms with Crippen molar-refractivity contribution in [2.45, 2.75) is 30.6 Å². The highest BCUT2D eigenvalue weighted by Gasteiger charge is 2.31. The Morgan fingerprint density at radius 1 is 1.06 bits per heavy atom. The Hall–Kier alpha value is -0.960. The van der Waals surface area contributed by atoms with Crippen LogP contribution in [-0.4, -0.2) is 23.9 Å². The fraction of sp³-hybridized carbons (Fsp3) is 0.533. The molecule has 0 aliphatic heterocycles. The van der Waals surface area contributed by atoms with Crippen molar-refractivity contribution >= 4 is 18.5 Å². The van der Waals surface area contributed by atoms with Crippen molar-refractivity contribution in [2.75, 3.05) is 13.1 Å². The third-order valence-electron chi connectivity index (χ3n) is 3.75. The Morgan fingerprint density at radius 3 is 2.00 bits per heavy atom. The van der Waals surface area contributed by atoms with Gasteiger partial charge >= 0.3 is 0 Å². The Balaban J connectivity index is 1.70. The standard InChI is InChI=1S/C15H19NOS/c17-15(13-5-7-14(18)8-6-13)16(9-11-1-2-11)10-12-3-4-12/h5-8,11-12,18H,1-4,9-10H2. The first kappa shape index (κ1) is 12.1. The fourth-order valence-electron chi connectivity index (χ4n) is 2.25. The van der Waals surface area contributed by atoms with E-state index in [0.717, 1.165) is 35.4 Å². The maximum Gasteiger partial charge on any atom is 0.253 e. The Labute approximate surface area is 114 Å². The molecule has 1 aromatic rings. The van der Waals surface area contributed by atoms with E-state index >= 15 is 0 Å². The Bertz CT molecular complexity index is 420. The zero-order valence-corrected chi connectivity index (χ0v) is 11.4. The monoisotopic (exact) mass is 261 g/mol. The average molecular weight is 261 g/mol. The predicted molar refractivity (Wildman–Crippen MR) is 75.0 cm³/mol. The molecule has 0 spiro atoms. The highest BCUT2D eigenvalue weighted by molar-refractivity contribution is 7.80. The van der Waals surface area contributed by atoms with Crippen LogP contribution in [0.5, 0.6) is 0 Å². The van der Waals surface area contributed by atoms with Crippen molar-refractivity contribution in [3.63, 3.8) is 0 Å². The number of hydrogen-bond donors (Lipinski definition) is 1. The molecule has 3 heteroatoms. The molecule has 2 saturated carbocycles. The molecule has 0 unspecified atom stereocenters. The lowest BCUT2D eigenvalue weighted by atomic mass is 10.2. The predicted octanol–water partition coefficient (Wildman–Crippen LogP) is 3.24. The van der Waals surface area contributed by atoms with E-state index in [1.54, 1.807) is 0 Å². The van der Waals surface area contributed by atoms with Crippen molar-refractivity contribution in [1.29, 1.82) is 0 Å². The van der Waals surface area contributed by atoms with E-state index in [0.29, 0.717) is 0 Å². The van der Waals surface area contributed by atoms with Crippen molar-refractivity contribution in [3.05, 3.63) is 29.8 Å². The molecule has 0 saturated heterocycles. The SMILES string of the molecule is O=C(c1ccc(S)cc1)N(CC1CC1)CC1CC1. The summed E-state index contributed by atoms with van der Waals surface area (Å²) in [6.07, 6.45) is 5.18. The molecule has 0 bridgehead atoms. The van der Waals surface area contributed by atoms with Gasteiger partial charge in [-0.05, 0) is 61.8 Å². The van der Waals surface area contributed by atoms with Crippen LogP contribution in [0.2, 0.25) is 0 Å². The van der Waals surface area contributed by atoms with Crippen molar-refractivity contribution < 1.29 is 4.79 Å². The lowest BCUT2D eigenvalue weighted by molar-refractivity contribution is 0.0739. The summed E-state index contributed by atoms with van der Waals surface area (Å²) < 4.78 is 0. The minimum atomic E-state index is 0.196. The summed E-state index contributed by atoms with van der Waals surface area (Å²) >= 11 is 4.26. The molecule has 2 aliphatic rings. The summed E-state index contributed by atoms with van der Waals surface area (Å²) in [6, 6.07) is 7.56. The van der Waals surface area contributed by atoms with Crippen LogP contribution in [-0.2, 0) is 0 Å². The van der Waals surface area contributed by atoms with Crippen LogP contribution in [0.1, 0.15) is 36.0 Å². The molecule has 0 atom stereocenters. The number of thiol groups is 1. The van der Waals surface area contributed by atoms with Crippen LogP contribution in [0.4, 0.5) is 0 Å². The lowest BCUT2D eigenvalue weighted by Crippen LogP contribution is -2.34. The van der Waals surface area contributed by atoms with Crippen molar-refractivity contribution in [2.24, 2.45) is 11.8 Å². The van der Waals surface area contributed by atoms with E-state index in [4.69, 9.17) is 0 Å². The van der Waals surface area contributed by atoms with Gasteiger partial charge in [0.25, 0.3) is 5.91 Å². The van der Waals surface area contributed by atoms with E-state index in [9.17, 15) is 4.79 Å². The second kappa shape index (κ2) is 4.96. The number of benzene rings is 1. The Kier molecular flexibility index (Phi) is 3.33. The molecule has 1 amide bonds. The third-order valence-corrected chi connectivity index (χ3v) is 4.05. The number of rotatable bonds is 5. The third kappa shape index (κ3) is 3.08. The van der Waals surface area contributed by atoms with Gasteiger partial charge in [-0.3, -0.25) is 4.79 Å². The average Bonchev–Trinajstić information content (AvgIpc) is 3.23. The van der Waals surface area contributed by atoms with Crippen LogP contribution >= 0.6 is 12.6 Å². The van der Waals surface area contributed by atoms with Gasteiger partial charge in [-0.2, -0.15) is 0 Å². The smallest absolute Gasteiger partial charge is 0.253 e. The van der Waals surface area contributed by atoms with Gasteiger partial charge in [0, 0.05) is 23.5 Å². The second-order valence-corrected chi connectivity index (χ2v) is 6.16. The van der Waals surface area contributed by atoms with Crippen LogP contribution in [0.15, 0.2) is 29.2 Å². The minimum Gasteiger partial charge on any atom is -0.338 e. The minimum absolute atomic E-state index is 0.196. The van der Waals surface area contributed by atoms with Crippen LogP contribution in [0.3, 0.4) is 0 Å². The van der Waals surface area contributed by atoms with Gasteiger partial charge in [0.15, 0.2) is 0 Å². The van der Waals surface area contributed by atoms with Crippen LogP contribution < -0.4 is 0 Å². The number of nitrogens with zero attached hydrogens (tertiary/aromatic N) is 1. The van der Waals surface area contributed by atoms with E-state index in [-0.39, 0.29) is 5.91 Å². The normalized spacial score (nSPS) is 18.7. The molecular formula is C15H19NOS. The van der Waals surface area contributed by atoms with Gasteiger partial charge < -0.3 is 4.90 Å². The van der Waals surface area contributed by atoms with Gasteiger partial charge in [-0.25, -0.2) is 0 Å². The molecule has 0 N–H and O–H groups in total. The first-order valence-corrected chi connectivity index (χ1v) is 7.25. The molecule has 18 heavy (non-hydrogen) atoms. The van der Waals surface area contributed by atoms with E-state index in [1.165, 1.54) is 25.7 Å². The molecule has 0 aromatic heterocycles. The summed E-state index contributed by atoms with van der Waals surface area (Å²) in [6.45, 7) is 1.91. The zero-order chi connectivity index (χ0) is 12.5. The molecule has 3 rings (SSSR count). The molecule has 96 valence electrons. The van der Waals surface area contributed by atoms with E-state index in [1.807, 2.05) is 24.3 Å². The van der Waals surface area contributed by atoms with Gasteiger partial charge in [0.2, 0.25) is 0 Å². The summed E-state index contributed by atoms with van der Waals surface area (Å²) in [5.74, 6) is 1.72. The molecular weight excluding hydrogens is 242 g/mol. The van der Waals surface area contributed by atoms with Crippen molar-refractivity contribution in [1.82, 2.24) is 4.90 Å².